The number of halogens is 2. The van der Waals surface area contributed by atoms with Gasteiger partial charge in [-0.25, -0.2) is 0 Å². The second-order valence-electron chi connectivity index (χ2n) is 6.38. The normalized spacial score (nSPS) is 15.3. The van der Waals surface area contributed by atoms with Gasteiger partial charge in [-0.1, -0.05) is 32.1 Å². The summed E-state index contributed by atoms with van der Waals surface area (Å²) in [5.74, 6) is 1.79. The fourth-order valence-electron chi connectivity index (χ4n) is 2.69. The zero-order valence-electron chi connectivity index (χ0n) is 16.9. The van der Waals surface area contributed by atoms with E-state index in [9.17, 15) is 13.6 Å². The number of hydrogen-bond acceptors (Lipinski definition) is 2. The van der Waals surface area contributed by atoms with Crippen LogP contribution in [0.3, 0.4) is 0 Å². The Kier molecular flexibility index (Phi) is 10.9. The summed E-state index contributed by atoms with van der Waals surface area (Å²) in [4.78, 5) is 12.4. The highest BCUT2D eigenvalue weighted by molar-refractivity contribution is 5.94. The van der Waals surface area contributed by atoms with Crippen LogP contribution in [0.25, 0.3) is 0 Å². The highest BCUT2D eigenvalue weighted by atomic mass is 19.3. The zero-order valence-corrected chi connectivity index (χ0v) is 16.9. The first kappa shape index (κ1) is 23.6. The minimum absolute atomic E-state index is 0.134. The molecule has 1 heterocycles. The van der Waals surface area contributed by atoms with Gasteiger partial charge in [0.1, 0.15) is 0 Å². The summed E-state index contributed by atoms with van der Waals surface area (Å²) in [6.45, 7) is 3.46. The molecule has 0 saturated carbocycles. The maximum atomic E-state index is 13.0. The van der Waals surface area contributed by atoms with E-state index in [4.69, 9.17) is 11.2 Å². The first-order valence-corrected chi connectivity index (χ1v) is 9.60. The Hall–Kier alpha value is -2.41. The van der Waals surface area contributed by atoms with Crippen molar-refractivity contribution in [2.75, 3.05) is 6.61 Å². The van der Waals surface area contributed by atoms with E-state index < -0.39 is 12.5 Å². The summed E-state index contributed by atoms with van der Waals surface area (Å²) in [5.41, 5.74) is 4.49. The topological polar surface area (TPSA) is 29.5 Å². The highest BCUT2D eigenvalue weighted by Crippen LogP contribution is 2.22. The number of carbonyl (C=O) groups is 1. The Morgan fingerprint density at radius 3 is 2.68 bits per heavy atom. The molecule has 1 aliphatic rings. The molecule has 0 unspecified atom stereocenters. The van der Waals surface area contributed by atoms with Gasteiger partial charge >= 0.3 is 6.55 Å². The lowest BCUT2D eigenvalue weighted by atomic mass is 10.0. The summed E-state index contributed by atoms with van der Waals surface area (Å²) in [6, 6.07) is 0. The van der Waals surface area contributed by atoms with E-state index in [1.54, 1.807) is 0 Å². The predicted molar refractivity (Wildman–Crippen MR) is 108 cm³/mol. The van der Waals surface area contributed by atoms with Gasteiger partial charge in [0.25, 0.3) is 5.91 Å². The molecule has 3 nitrogen and oxygen atoms in total. The molecule has 0 spiro atoms. The van der Waals surface area contributed by atoms with Crippen LogP contribution in [0.2, 0.25) is 0 Å². The van der Waals surface area contributed by atoms with Crippen LogP contribution in [-0.4, -0.2) is 30.1 Å². The van der Waals surface area contributed by atoms with Crippen LogP contribution in [0.15, 0.2) is 53.0 Å². The summed E-state index contributed by atoms with van der Waals surface area (Å²) in [7, 11) is 0. The molecule has 0 fully saturated rings. The zero-order chi connectivity index (χ0) is 20.9. The Bertz CT molecular complexity index is 715. The van der Waals surface area contributed by atoms with Gasteiger partial charge in [-0.15, -0.1) is 18.1 Å². The third-order valence-corrected chi connectivity index (χ3v) is 4.36. The molecule has 152 valence electrons. The van der Waals surface area contributed by atoms with E-state index in [2.05, 4.69) is 25.5 Å². The Morgan fingerprint density at radius 1 is 1.36 bits per heavy atom. The van der Waals surface area contributed by atoms with Crippen molar-refractivity contribution in [3.63, 3.8) is 0 Å². The van der Waals surface area contributed by atoms with Crippen LogP contribution in [0.5, 0.6) is 0 Å². The largest absolute Gasteiger partial charge is 0.378 e. The van der Waals surface area contributed by atoms with Gasteiger partial charge in [0, 0.05) is 18.2 Å². The van der Waals surface area contributed by atoms with E-state index in [-0.39, 0.29) is 5.57 Å². The van der Waals surface area contributed by atoms with Crippen molar-refractivity contribution in [1.29, 1.82) is 0 Å². The van der Waals surface area contributed by atoms with Crippen LogP contribution >= 0.6 is 0 Å². The average Bonchev–Trinajstić information content (AvgIpc) is 2.82. The summed E-state index contributed by atoms with van der Waals surface area (Å²) < 4.78 is 31.8. The fraction of sp³-hybridized carbons (Fsp3) is 0.478. The van der Waals surface area contributed by atoms with Crippen molar-refractivity contribution in [1.82, 2.24) is 4.90 Å². The summed E-state index contributed by atoms with van der Waals surface area (Å²) in [5, 5.41) is 0. The first-order chi connectivity index (χ1) is 13.4. The molecule has 28 heavy (non-hydrogen) atoms. The van der Waals surface area contributed by atoms with Gasteiger partial charge in [-0.05, 0) is 44.3 Å². The van der Waals surface area contributed by atoms with E-state index in [1.807, 2.05) is 18.2 Å². The number of carbonyl (C=O) groups excluding carboxylic acids is 1. The quantitative estimate of drug-likeness (QED) is 0.153. The molecule has 5 heteroatoms. The van der Waals surface area contributed by atoms with Crippen molar-refractivity contribution >= 4 is 5.91 Å². The van der Waals surface area contributed by atoms with Crippen molar-refractivity contribution in [3.8, 4) is 12.3 Å². The smallest absolute Gasteiger partial charge is 0.321 e. The second-order valence-corrected chi connectivity index (χ2v) is 6.38. The van der Waals surface area contributed by atoms with Crippen LogP contribution in [0, 0.1) is 12.3 Å². The molecule has 0 bridgehead atoms. The van der Waals surface area contributed by atoms with Crippen molar-refractivity contribution in [3.05, 3.63) is 53.0 Å². The third kappa shape index (κ3) is 7.68. The highest BCUT2D eigenvalue weighted by Gasteiger charge is 2.23. The Morgan fingerprint density at radius 2 is 2.07 bits per heavy atom. The van der Waals surface area contributed by atoms with E-state index in [1.165, 1.54) is 13.0 Å². The van der Waals surface area contributed by atoms with Gasteiger partial charge in [0.15, 0.2) is 0 Å². The number of ether oxygens (including phenoxy) is 1. The van der Waals surface area contributed by atoms with Crippen LogP contribution < -0.4 is 0 Å². The predicted octanol–water partition coefficient (Wildman–Crippen LogP) is 5.53. The molecular weight excluding hydrogens is 360 g/mol. The number of alkyl halides is 2. The molecule has 0 aromatic carbocycles. The van der Waals surface area contributed by atoms with Crippen LogP contribution in [0.1, 0.15) is 52.9 Å². The SMILES string of the molecule is C#CC/C=C(\C/C=C\CCOC(CC)CC)C1=C=C(C)C(=O)N(C(F)F)C=C1. The van der Waals surface area contributed by atoms with E-state index in [0.29, 0.717) is 36.0 Å². The molecule has 1 rings (SSSR count). The lowest BCUT2D eigenvalue weighted by Gasteiger charge is -2.15. The monoisotopic (exact) mass is 389 g/mol. The van der Waals surface area contributed by atoms with Gasteiger partial charge in [-0.3, -0.25) is 9.69 Å². The molecule has 0 atom stereocenters. The average molecular weight is 389 g/mol. The second kappa shape index (κ2) is 12.9. The number of hydrogen-bond donors (Lipinski definition) is 0. The first-order valence-electron chi connectivity index (χ1n) is 9.60. The number of allylic oxidation sites excluding steroid dienone is 4. The molecule has 0 N–H and O–H groups in total. The minimum atomic E-state index is -2.90. The van der Waals surface area contributed by atoms with Gasteiger partial charge < -0.3 is 4.74 Å². The standard InChI is InChI=1S/C23H29F2NO2/c1-5-8-12-19(13-10-9-11-16-28-21(6-2)7-3)20-14-15-26(23(24)25)22(27)18(4)17-20/h1,9-10,12,14-15,21,23H,6-8,11,13,16H2,2-4H3/b10-9-,19-12+. The number of rotatable bonds is 11. The maximum absolute atomic E-state index is 13.0. The minimum Gasteiger partial charge on any atom is -0.378 e. The lowest BCUT2D eigenvalue weighted by Crippen LogP contribution is -2.30. The van der Waals surface area contributed by atoms with Gasteiger partial charge in [0.05, 0.1) is 18.3 Å². The molecule has 0 aliphatic carbocycles. The van der Waals surface area contributed by atoms with Crippen LogP contribution in [-0.2, 0) is 9.53 Å². The lowest BCUT2D eigenvalue weighted by molar-refractivity contribution is -0.134. The van der Waals surface area contributed by atoms with Crippen molar-refractivity contribution < 1.29 is 18.3 Å². The Labute approximate surface area is 167 Å². The molecule has 0 saturated heterocycles. The molecule has 1 amide bonds. The summed E-state index contributed by atoms with van der Waals surface area (Å²) in [6.07, 6.45) is 17.9. The maximum Gasteiger partial charge on any atom is 0.321 e. The Balaban J connectivity index is 2.85. The number of terminal acetylenes is 1. The molecule has 0 radical (unpaired) electrons. The van der Waals surface area contributed by atoms with Gasteiger partial charge in [-0.2, -0.15) is 8.78 Å². The van der Waals surface area contributed by atoms with E-state index in [0.717, 1.165) is 31.0 Å². The molecule has 0 aromatic rings. The van der Waals surface area contributed by atoms with Crippen LogP contribution in [0.4, 0.5) is 8.78 Å². The molecule has 1 aliphatic heterocycles. The third-order valence-electron chi connectivity index (χ3n) is 4.36. The fourth-order valence-corrected chi connectivity index (χ4v) is 2.69. The number of nitrogens with zero attached hydrogens (tertiary/aromatic N) is 1. The molecule has 0 aromatic heterocycles. The van der Waals surface area contributed by atoms with Crippen molar-refractivity contribution in [2.24, 2.45) is 0 Å². The van der Waals surface area contributed by atoms with Crippen molar-refractivity contribution in [2.45, 2.75) is 65.5 Å². The number of amides is 1. The van der Waals surface area contributed by atoms with E-state index >= 15 is 0 Å². The van der Waals surface area contributed by atoms with Gasteiger partial charge in [0.2, 0.25) is 0 Å². The molecular formula is C23H29F2NO2. The summed E-state index contributed by atoms with van der Waals surface area (Å²) >= 11 is 0.